The Hall–Kier alpha value is -4.87. The topological polar surface area (TPSA) is 35.2 Å². The van der Waals surface area contributed by atoms with Gasteiger partial charge in [-0.2, -0.15) is 0 Å². The Morgan fingerprint density at radius 2 is 1.45 bits per heavy atom. The van der Waals surface area contributed by atoms with Gasteiger partial charge in [0.25, 0.3) is 0 Å². The standard InChI is InChI=1S/C48H48ClN2OS/c1-32(2)38-21-12-22-42(48(38)51(3,4)31-33-14-7-6-8-15-33)43-30-44(41(25-24-37-18-13-27-53-37)39-19-9-10-20-40(39)43)47(34-16-11-17-36(50)28-34)45-29-35(49)23-26-46(45)52-5/h6-23,26-30,32,47H,24-25,31,50H2,1-5H3/q+1. The van der Waals surface area contributed by atoms with Crippen molar-refractivity contribution in [2.24, 2.45) is 0 Å². The Balaban J connectivity index is 1.57. The lowest BCUT2D eigenvalue weighted by atomic mass is 9.77. The number of rotatable bonds is 12. The predicted octanol–water partition coefficient (Wildman–Crippen LogP) is 12.7. The van der Waals surface area contributed by atoms with Crippen LogP contribution in [0.25, 0.3) is 21.9 Å². The van der Waals surface area contributed by atoms with E-state index in [2.05, 4.69) is 149 Å². The molecule has 268 valence electrons. The Bertz CT molecular complexity index is 2350. The van der Waals surface area contributed by atoms with E-state index in [0.29, 0.717) is 15.4 Å². The zero-order valence-corrected chi connectivity index (χ0v) is 32.8. The molecule has 0 saturated carbocycles. The Morgan fingerprint density at radius 1 is 0.698 bits per heavy atom. The number of benzene rings is 6. The summed E-state index contributed by atoms with van der Waals surface area (Å²) in [6, 6.07) is 47.8. The van der Waals surface area contributed by atoms with Crippen LogP contribution in [0.15, 0.2) is 139 Å². The van der Waals surface area contributed by atoms with Crippen molar-refractivity contribution in [3.63, 3.8) is 0 Å². The van der Waals surface area contributed by atoms with E-state index in [9.17, 15) is 0 Å². The van der Waals surface area contributed by atoms with E-state index in [0.717, 1.165) is 42.0 Å². The van der Waals surface area contributed by atoms with Gasteiger partial charge >= 0.3 is 0 Å². The van der Waals surface area contributed by atoms with Crippen LogP contribution in [-0.2, 0) is 19.4 Å². The number of hydrogen-bond acceptors (Lipinski definition) is 3. The lowest BCUT2D eigenvalue weighted by Gasteiger charge is -2.35. The molecule has 2 N–H and O–H groups in total. The van der Waals surface area contributed by atoms with Crippen molar-refractivity contribution < 1.29 is 4.74 Å². The van der Waals surface area contributed by atoms with Crippen molar-refractivity contribution in [3.05, 3.63) is 182 Å². The minimum Gasteiger partial charge on any atom is -0.496 e. The highest BCUT2D eigenvalue weighted by Gasteiger charge is 2.32. The van der Waals surface area contributed by atoms with Crippen molar-refractivity contribution in [1.29, 1.82) is 0 Å². The minimum atomic E-state index is -0.197. The molecular weight excluding hydrogens is 688 g/mol. The maximum Gasteiger partial charge on any atom is 0.144 e. The van der Waals surface area contributed by atoms with Gasteiger partial charge in [0.05, 0.1) is 21.2 Å². The third-order valence-corrected chi connectivity index (χ3v) is 11.6. The molecule has 0 aliphatic rings. The van der Waals surface area contributed by atoms with E-state index in [1.54, 1.807) is 7.11 Å². The zero-order valence-electron chi connectivity index (χ0n) is 31.3. The van der Waals surface area contributed by atoms with Gasteiger partial charge in [0, 0.05) is 43.8 Å². The molecule has 0 aliphatic heterocycles. The number of aryl methyl sites for hydroxylation is 2. The number of hydrogen-bond donors (Lipinski definition) is 1. The average molecular weight is 736 g/mol. The Kier molecular flexibility index (Phi) is 10.8. The predicted molar refractivity (Wildman–Crippen MR) is 229 cm³/mol. The number of anilines is 1. The van der Waals surface area contributed by atoms with Crippen molar-refractivity contribution in [3.8, 4) is 16.9 Å². The molecular formula is C48H48ClN2OS+. The van der Waals surface area contributed by atoms with Crippen LogP contribution in [-0.4, -0.2) is 21.2 Å². The number of methoxy groups -OCH3 is 1. The molecule has 0 amide bonds. The summed E-state index contributed by atoms with van der Waals surface area (Å²) < 4.78 is 6.79. The van der Waals surface area contributed by atoms with E-state index in [-0.39, 0.29) is 5.92 Å². The minimum absolute atomic E-state index is 0.197. The molecule has 1 aromatic heterocycles. The van der Waals surface area contributed by atoms with E-state index in [1.807, 2.05) is 29.5 Å². The van der Waals surface area contributed by atoms with Crippen molar-refractivity contribution >= 4 is 45.1 Å². The highest BCUT2D eigenvalue weighted by atomic mass is 35.5. The lowest BCUT2D eigenvalue weighted by Crippen LogP contribution is -2.41. The van der Waals surface area contributed by atoms with E-state index in [1.165, 1.54) is 54.7 Å². The highest BCUT2D eigenvalue weighted by Crippen LogP contribution is 2.48. The number of fused-ring (bicyclic) bond motifs is 1. The molecule has 5 heteroatoms. The fraction of sp³-hybridized carbons (Fsp3) is 0.208. The molecule has 7 rings (SSSR count). The van der Waals surface area contributed by atoms with Crippen LogP contribution in [0, 0.1) is 0 Å². The fourth-order valence-corrected chi connectivity index (χ4v) is 9.04. The van der Waals surface area contributed by atoms with Crippen LogP contribution >= 0.6 is 22.9 Å². The van der Waals surface area contributed by atoms with Crippen LogP contribution in [0.2, 0.25) is 5.02 Å². The third kappa shape index (κ3) is 7.63. The Labute approximate surface area is 323 Å². The summed E-state index contributed by atoms with van der Waals surface area (Å²) in [6.45, 7) is 5.49. The largest absolute Gasteiger partial charge is 0.496 e. The Morgan fingerprint density at radius 3 is 2.17 bits per heavy atom. The van der Waals surface area contributed by atoms with Crippen molar-refractivity contribution in [2.75, 3.05) is 26.9 Å². The third-order valence-electron chi connectivity index (χ3n) is 10.5. The molecule has 0 fully saturated rings. The van der Waals surface area contributed by atoms with Crippen molar-refractivity contribution in [1.82, 2.24) is 4.48 Å². The normalized spacial score (nSPS) is 12.4. The van der Waals surface area contributed by atoms with Crippen LogP contribution in [0.3, 0.4) is 0 Å². The van der Waals surface area contributed by atoms with Crippen LogP contribution < -0.4 is 15.0 Å². The number of quaternary nitrogens is 1. The van der Waals surface area contributed by atoms with Crippen LogP contribution in [0.4, 0.5) is 11.4 Å². The van der Waals surface area contributed by atoms with Gasteiger partial charge in [-0.1, -0.05) is 110 Å². The number of halogens is 1. The summed E-state index contributed by atoms with van der Waals surface area (Å²) in [6.07, 6.45) is 1.83. The van der Waals surface area contributed by atoms with Crippen LogP contribution in [0.5, 0.6) is 5.75 Å². The quantitative estimate of drug-likeness (QED) is 0.0770. The number of nitrogens with two attached hydrogens (primary N) is 1. The van der Waals surface area contributed by atoms with Gasteiger partial charge in [-0.3, -0.25) is 4.48 Å². The number of nitrogens with zero attached hydrogens (tertiary/aromatic N) is 1. The smallest absolute Gasteiger partial charge is 0.144 e. The van der Waals surface area contributed by atoms with Gasteiger partial charge in [0.2, 0.25) is 0 Å². The van der Waals surface area contributed by atoms with E-state index in [4.69, 9.17) is 22.1 Å². The first kappa shape index (κ1) is 36.5. The molecule has 0 bridgehead atoms. The van der Waals surface area contributed by atoms with E-state index < -0.39 is 0 Å². The average Bonchev–Trinajstić information content (AvgIpc) is 3.68. The monoisotopic (exact) mass is 735 g/mol. The number of para-hydroxylation sites is 1. The molecule has 0 spiro atoms. The first-order valence-corrected chi connectivity index (χ1v) is 19.7. The maximum absolute atomic E-state index is 6.82. The maximum atomic E-state index is 6.82. The second-order valence-electron chi connectivity index (χ2n) is 14.8. The molecule has 1 heterocycles. The molecule has 0 saturated heterocycles. The van der Waals surface area contributed by atoms with Gasteiger partial charge < -0.3 is 10.5 Å². The summed E-state index contributed by atoms with van der Waals surface area (Å²) in [4.78, 5) is 1.37. The van der Waals surface area contributed by atoms with Gasteiger partial charge in [0.15, 0.2) is 0 Å². The molecule has 1 unspecified atom stereocenters. The van der Waals surface area contributed by atoms with Gasteiger partial charge in [-0.15, -0.1) is 11.3 Å². The summed E-state index contributed by atoms with van der Waals surface area (Å²) in [5.41, 5.74) is 18.4. The second kappa shape index (κ2) is 15.6. The van der Waals surface area contributed by atoms with Gasteiger partial charge in [0.1, 0.15) is 18.0 Å². The van der Waals surface area contributed by atoms with Gasteiger partial charge in [-0.25, -0.2) is 0 Å². The van der Waals surface area contributed by atoms with E-state index >= 15 is 0 Å². The van der Waals surface area contributed by atoms with Gasteiger partial charge in [-0.05, 0) is 106 Å². The summed E-state index contributed by atoms with van der Waals surface area (Å²) >= 11 is 8.64. The van der Waals surface area contributed by atoms with Crippen molar-refractivity contribution in [2.45, 2.75) is 45.1 Å². The zero-order chi connectivity index (χ0) is 37.1. The molecule has 3 nitrogen and oxygen atoms in total. The summed E-state index contributed by atoms with van der Waals surface area (Å²) in [5.74, 6) is 0.936. The highest BCUT2D eigenvalue weighted by molar-refractivity contribution is 7.09. The fourth-order valence-electron chi connectivity index (χ4n) is 8.15. The number of nitrogen functional groups attached to an aromatic ring is 1. The summed E-state index contributed by atoms with van der Waals surface area (Å²) in [5, 5.41) is 5.36. The first-order chi connectivity index (χ1) is 25.6. The first-order valence-electron chi connectivity index (χ1n) is 18.4. The molecule has 0 radical (unpaired) electrons. The molecule has 53 heavy (non-hydrogen) atoms. The summed E-state index contributed by atoms with van der Waals surface area (Å²) in [7, 11) is 6.44. The molecule has 1 atom stereocenters. The molecule has 0 aliphatic carbocycles. The molecule has 7 aromatic rings. The second-order valence-corrected chi connectivity index (χ2v) is 16.3. The molecule has 6 aromatic carbocycles. The SMILES string of the molecule is COc1ccc(Cl)cc1C(c1cccc(N)c1)c1cc(-c2cccc(C(C)C)c2[N+](C)(C)Cc2ccccc2)c2ccccc2c1CCc1cccs1. The van der Waals surface area contributed by atoms with Crippen LogP contribution in [0.1, 0.15) is 63.9 Å². The number of ether oxygens (including phenoxy) is 1. The number of thiophene rings is 1. The lowest BCUT2D eigenvalue weighted by molar-refractivity contribution is 0.389.